The van der Waals surface area contributed by atoms with Gasteiger partial charge < -0.3 is 15.0 Å². The molecular formula is C30H36ClN3O5S. The molecule has 0 radical (unpaired) electrons. The Balaban J connectivity index is 1.85. The third kappa shape index (κ3) is 9.45. The number of amides is 2. The highest BCUT2D eigenvalue weighted by Gasteiger charge is 2.30. The lowest BCUT2D eigenvalue weighted by Gasteiger charge is -2.31. The molecule has 2 N–H and O–H groups in total. The van der Waals surface area contributed by atoms with Crippen molar-refractivity contribution in [3.05, 3.63) is 101 Å². The molecule has 0 fully saturated rings. The van der Waals surface area contributed by atoms with Crippen LogP contribution in [-0.2, 0) is 43.7 Å². The van der Waals surface area contributed by atoms with Gasteiger partial charge in [-0.1, -0.05) is 73.1 Å². The second-order valence-corrected chi connectivity index (χ2v) is 11.5. The van der Waals surface area contributed by atoms with Crippen LogP contribution in [-0.4, -0.2) is 58.0 Å². The Morgan fingerprint density at radius 3 is 2.20 bits per heavy atom. The van der Waals surface area contributed by atoms with Gasteiger partial charge in [-0.15, -0.1) is 0 Å². The number of nitrogens with one attached hydrogen (secondary N) is 2. The Labute approximate surface area is 241 Å². The average molecular weight is 586 g/mol. The van der Waals surface area contributed by atoms with E-state index in [0.29, 0.717) is 37.6 Å². The molecule has 0 aliphatic rings. The molecule has 3 aromatic rings. The fraction of sp³-hybridized carbons (Fsp3) is 0.333. The minimum Gasteiger partial charge on any atom is -0.383 e. The van der Waals surface area contributed by atoms with Gasteiger partial charge in [0, 0.05) is 44.6 Å². The van der Waals surface area contributed by atoms with E-state index in [1.54, 1.807) is 43.2 Å². The second-order valence-electron chi connectivity index (χ2n) is 9.28. The maximum absolute atomic E-state index is 13.8. The predicted molar refractivity (Wildman–Crippen MR) is 156 cm³/mol. The van der Waals surface area contributed by atoms with Crippen molar-refractivity contribution in [1.29, 1.82) is 0 Å². The minimum absolute atomic E-state index is 0.142. The smallest absolute Gasteiger partial charge is 0.243 e. The molecule has 0 aliphatic carbocycles. The van der Waals surface area contributed by atoms with E-state index in [2.05, 4.69) is 10.0 Å². The van der Waals surface area contributed by atoms with E-state index in [1.165, 1.54) is 12.1 Å². The summed E-state index contributed by atoms with van der Waals surface area (Å²) < 4.78 is 32.1. The van der Waals surface area contributed by atoms with E-state index in [-0.39, 0.29) is 29.7 Å². The Morgan fingerprint density at radius 2 is 1.57 bits per heavy atom. The number of aryl methyl sites for hydroxylation is 1. The van der Waals surface area contributed by atoms with E-state index in [9.17, 15) is 18.0 Å². The summed E-state index contributed by atoms with van der Waals surface area (Å²) in [4.78, 5) is 29.0. The normalized spacial score (nSPS) is 12.1. The van der Waals surface area contributed by atoms with Crippen LogP contribution >= 0.6 is 11.6 Å². The molecule has 0 bridgehead atoms. The van der Waals surface area contributed by atoms with Crippen molar-refractivity contribution in [2.24, 2.45) is 0 Å². The summed E-state index contributed by atoms with van der Waals surface area (Å²) in [5.41, 5.74) is 2.60. The summed E-state index contributed by atoms with van der Waals surface area (Å²) in [7, 11) is -2.00. The van der Waals surface area contributed by atoms with Gasteiger partial charge >= 0.3 is 0 Å². The molecule has 10 heteroatoms. The fourth-order valence-electron chi connectivity index (χ4n) is 4.24. The molecule has 1 atom stereocenters. The van der Waals surface area contributed by atoms with Gasteiger partial charge in [0.2, 0.25) is 21.8 Å². The number of rotatable bonds is 15. The van der Waals surface area contributed by atoms with E-state index in [1.807, 2.05) is 42.5 Å². The van der Waals surface area contributed by atoms with Crippen LogP contribution in [0.3, 0.4) is 0 Å². The maximum Gasteiger partial charge on any atom is 0.243 e. The molecule has 0 aromatic heterocycles. The molecule has 0 spiro atoms. The van der Waals surface area contributed by atoms with Crippen molar-refractivity contribution >= 4 is 33.4 Å². The highest BCUT2D eigenvalue weighted by molar-refractivity contribution is 7.89. The number of benzene rings is 3. The predicted octanol–water partition coefficient (Wildman–Crippen LogP) is 3.97. The van der Waals surface area contributed by atoms with Gasteiger partial charge in [-0.3, -0.25) is 9.59 Å². The van der Waals surface area contributed by atoms with Crippen LogP contribution in [0.1, 0.15) is 30.0 Å². The molecule has 40 heavy (non-hydrogen) atoms. The molecule has 0 aliphatic heterocycles. The van der Waals surface area contributed by atoms with Crippen LogP contribution < -0.4 is 10.0 Å². The Kier molecular flexibility index (Phi) is 12.1. The SMILES string of the molecule is CCNS(=O)(=O)c1ccc(CCC(=O)N(Cc2ccc(Cl)cc2)[C@@H](Cc2ccccc2)C(=O)NCCOC)cc1. The monoisotopic (exact) mass is 585 g/mol. The second kappa shape index (κ2) is 15.5. The summed E-state index contributed by atoms with van der Waals surface area (Å²) in [5.74, 6) is -0.455. The van der Waals surface area contributed by atoms with E-state index in [4.69, 9.17) is 16.3 Å². The fourth-order valence-corrected chi connectivity index (χ4v) is 5.41. The molecular weight excluding hydrogens is 550 g/mol. The average Bonchev–Trinajstić information content (AvgIpc) is 2.95. The summed E-state index contributed by atoms with van der Waals surface area (Å²) in [6.07, 6.45) is 0.875. The quantitative estimate of drug-likeness (QED) is 0.263. The first-order chi connectivity index (χ1) is 19.2. The van der Waals surface area contributed by atoms with Crippen molar-refractivity contribution in [3.63, 3.8) is 0 Å². The molecule has 214 valence electrons. The zero-order valence-corrected chi connectivity index (χ0v) is 24.4. The number of sulfonamides is 1. The number of nitrogens with zero attached hydrogens (tertiary/aromatic N) is 1. The molecule has 0 heterocycles. The van der Waals surface area contributed by atoms with Gasteiger partial charge in [0.05, 0.1) is 11.5 Å². The molecule has 0 unspecified atom stereocenters. The van der Waals surface area contributed by atoms with E-state index in [0.717, 1.165) is 16.7 Å². The van der Waals surface area contributed by atoms with Gasteiger partial charge in [0.15, 0.2) is 0 Å². The number of carbonyl (C=O) groups is 2. The lowest BCUT2D eigenvalue weighted by molar-refractivity contribution is -0.141. The number of hydrogen-bond donors (Lipinski definition) is 2. The van der Waals surface area contributed by atoms with Crippen LogP contribution in [0.15, 0.2) is 83.8 Å². The minimum atomic E-state index is -3.56. The molecule has 0 saturated carbocycles. The van der Waals surface area contributed by atoms with Gasteiger partial charge in [-0.05, 0) is 47.4 Å². The lowest BCUT2D eigenvalue weighted by Crippen LogP contribution is -2.51. The number of hydrogen-bond acceptors (Lipinski definition) is 5. The Morgan fingerprint density at radius 1 is 0.925 bits per heavy atom. The third-order valence-corrected chi connectivity index (χ3v) is 8.15. The number of halogens is 1. The van der Waals surface area contributed by atoms with Crippen molar-refractivity contribution in [2.75, 3.05) is 26.8 Å². The highest BCUT2D eigenvalue weighted by Crippen LogP contribution is 2.19. The zero-order valence-electron chi connectivity index (χ0n) is 22.8. The van der Waals surface area contributed by atoms with Crippen LogP contribution in [0.4, 0.5) is 0 Å². The van der Waals surface area contributed by atoms with E-state index < -0.39 is 16.1 Å². The van der Waals surface area contributed by atoms with Crippen LogP contribution in [0.25, 0.3) is 0 Å². The number of carbonyl (C=O) groups excluding carboxylic acids is 2. The van der Waals surface area contributed by atoms with E-state index >= 15 is 0 Å². The first kappa shape index (κ1) is 31.3. The van der Waals surface area contributed by atoms with Gasteiger partial charge in [-0.25, -0.2) is 13.1 Å². The zero-order chi connectivity index (χ0) is 29.0. The largest absolute Gasteiger partial charge is 0.383 e. The summed E-state index contributed by atoms with van der Waals surface area (Å²) in [6, 6.07) is 22.5. The van der Waals surface area contributed by atoms with Crippen molar-refractivity contribution < 1.29 is 22.7 Å². The third-order valence-electron chi connectivity index (χ3n) is 6.34. The number of methoxy groups -OCH3 is 1. The van der Waals surface area contributed by atoms with Crippen molar-refractivity contribution in [1.82, 2.24) is 14.9 Å². The summed E-state index contributed by atoms with van der Waals surface area (Å²) in [5, 5.41) is 3.48. The topological polar surface area (TPSA) is 105 Å². The van der Waals surface area contributed by atoms with Crippen molar-refractivity contribution in [2.45, 2.75) is 43.7 Å². The molecule has 2 amide bonds. The van der Waals surface area contributed by atoms with Gasteiger partial charge in [0.1, 0.15) is 6.04 Å². The molecule has 3 rings (SSSR count). The van der Waals surface area contributed by atoms with Gasteiger partial charge in [-0.2, -0.15) is 0 Å². The Hall–Kier alpha value is -3.24. The lowest BCUT2D eigenvalue weighted by atomic mass is 10.0. The standard InChI is InChI=1S/C30H36ClN3O5S/c1-3-33-40(37,38)27-16-11-23(12-17-27)13-18-29(35)34(22-25-9-14-26(31)15-10-25)28(30(36)32-19-20-39-2)21-24-7-5-4-6-8-24/h4-12,14-17,28,33H,3,13,18-22H2,1-2H3,(H,32,36)/t28-/m0/s1. The molecule has 8 nitrogen and oxygen atoms in total. The van der Waals surface area contributed by atoms with Crippen LogP contribution in [0.5, 0.6) is 0 Å². The Bertz CT molecular complexity index is 1330. The summed E-state index contributed by atoms with van der Waals surface area (Å²) in [6.45, 7) is 2.92. The van der Waals surface area contributed by atoms with Crippen molar-refractivity contribution in [3.8, 4) is 0 Å². The first-order valence-corrected chi connectivity index (χ1v) is 15.0. The maximum atomic E-state index is 13.8. The van der Waals surface area contributed by atoms with Crippen LogP contribution in [0, 0.1) is 0 Å². The molecule has 3 aromatic carbocycles. The number of ether oxygens (including phenoxy) is 1. The highest BCUT2D eigenvalue weighted by atomic mass is 35.5. The van der Waals surface area contributed by atoms with Gasteiger partial charge in [0.25, 0.3) is 0 Å². The van der Waals surface area contributed by atoms with Crippen LogP contribution in [0.2, 0.25) is 5.02 Å². The molecule has 0 saturated heterocycles. The first-order valence-electron chi connectivity index (χ1n) is 13.2. The summed E-state index contributed by atoms with van der Waals surface area (Å²) >= 11 is 6.08.